The molecule has 30 heavy (non-hydrogen) atoms. The molecule has 1 N–H and O–H groups in total. The van der Waals surface area contributed by atoms with Crippen LogP contribution in [0.2, 0.25) is 0 Å². The summed E-state index contributed by atoms with van der Waals surface area (Å²) >= 11 is 0. The number of anilines is 1. The van der Waals surface area contributed by atoms with Crippen molar-refractivity contribution >= 4 is 17.6 Å². The predicted octanol–water partition coefficient (Wildman–Crippen LogP) is 4.37. The van der Waals surface area contributed by atoms with Crippen molar-refractivity contribution in [3.05, 3.63) is 95.8 Å². The van der Waals surface area contributed by atoms with Gasteiger partial charge in [-0.15, -0.1) is 0 Å². The Balaban J connectivity index is 1.52. The van der Waals surface area contributed by atoms with Crippen molar-refractivity contribution < 1.29 is 23.5 Å². The van der Waals surface area contributed by atoms with Gasteiger partial charge in [-0.25, -0.2) is 9.18 Å². The highest BCUT2D eigenvalue weighted by Gasteiger charge is 2.18. The second-order valence-electron chi connectivity index (χ2n) is 6.69. The lowest BCUT2D eigenvalue weighted by Crippen LogP contribution is -2.29. The van der Waals surface area contributed by atoms with Crippen LogP contribution in [0.4, 0.5) is 10.1 Å². The van der Waals surface area contributed by atoms with E-state index in [0.717, 1.165) is 11.1 Å². The number of hydrogen-bond acceptors (Lipinski definition) is 4. The van der Waals surface area contributed by atoms with Crippen molar-refractivity contribution in [3.8, 4) is 5.75 Å². The third kappa shape index (κ3) is 6.17. The number of halogens is 1. The Morgan fingerprint density at radius 2 is 1.60 bits per heavy atom. The molecule has 1 amide bonds. The first-order valence-electron chi connectivity index (χ1n) is 9.52. The lowest BCUT2D eigenvalue weighted by Gasteiger charge is -2.15. The molecule has 154 valence electrons. The summed E-state index contributed by atoms with van der Waals surface area (Å²) in [5.74, 6) is -1.20. The first-order chi connectivity index (χ1) is 14.5. The predicted molar refractivity (Wildman–Crippen MR) is 112 cm³/mol. The molecule has 0 unspecified atom stereocenters. The topological polar surface area (TPSA) is 64.6 Å². The van der Waals surface area contributed by atoms with Gasteiger partial charge in [0.1, 0.15) is 11.6 Å². The summed E-state index contributed by atoms with van der Waals surface area (Å²) in [6.07, 6.45) is -0.270. The molecule has 0 fully saturated rings. The Morgan fingerprint density at radius 3 is 2.33 bits per heavy atom. The number of ether oxygens (including phenoxy) is 2. The fourth-order valence-corrected chi connectivity index (χ4v) is 2.82. The molecular formula is C24H22FNO4. The zero-order chi connectivity index (χ0) is 21.3. The Hall–Kier alpha value is -3.67. The maximum atomic E-state index is 12.9. The van der Waals surface area contributed by atoms with Gasteiger partial charge in [-0.05, 0) is 54.8 Å². The van der Waals surface area contributed by atoms with Crippen molar-refractivity contribution in [2.75, 3.05) is 11.9 Å². The quantitative estimate of drug-likeness (QED) is 0.564. The summed E-state index contributed by atoms with van der Waals surface area (Å²) in [6.45, 7) is 1.06. The average molecular weight is 407 g/mol. The summed E-state index contributed by atoms with van der Waals surface area (Å²) in [5.41, 5.74) is 2.74. The van der Waals surface area contributed by atoms with E-state index in [1.54, 1.807) is 6.07 Å². The van der Waals surface area contributed by atoms with Gasteiger partial charge in [-0.1, -0.05) is 48.5 Å². The van der Waals surface area contributed by atoms with Gasteiger partial charge >= 0.3 is 5.97 Å². The van der Waals surface area contributed by atoms with Crippen molar-refractivity contribution in [3.63, 3.8) is 0 Å². The molecule has 0 bridgehead atoms. The number of nitrogens with one attached hydrogen (secondary N) is 1. The van der Waals surface area contributed by atoms with Crippen LogP contribution in [0.15, 0.2) is 78.9 Å². The number of benzene rings is 3. The molecule has 3 aromatic carbocycles. The lowest BCUT2D eigenvalue weighted by molar-refractivity contribution is -0.153. The number of esters is 1. The molecule has 6 heteroatoms. The second kappa shape index (κ2) is 10.2. The molecule has 3 rings (SSSR count). The average Bonchev–Trinajstić information content (AvgIpc) is 2.75. The molecule has 0 aromatic heterocycles. The Labute approximate surface area is 174 Å². The molecule has 1 atom stereocenters. The van der Waals surface area contributed by atoms with Crippen molar-refractivity contribution in [2.24, 2.45) is 0 Å². The molecular weight excluding hydrogens is 385 g/mol. The van der Waals surface area contributed by atoms with Crippen LogP contribution >= 0.6 is 0 Å². The van der Waals surface area contributed by atoms with E-state index in [9.17, 15) is 14.0 Å². The fourth-order valence-electron chi connectivity index (χ4n) is 2.82. The van der Waals surface area contributed by atoms with Gasteiger partial charge < -0.3 is 14.8 Å². The summed E-state index contributed by atoms with van der Waals surface area (Å²) in [5, 5.41) is 2.78. The number of carbonyl (C=O) groups excluding carboxylic acids is 2. The highest BCUT2D eigenvalue weighted by Crippen LogP contribution is 2.19. The fraction of sp³-hybridized carbons (Fsp3) is 0.167. The van der Waals surface area contributed by atoms with Gasteiger partial charge in [0, 0.05) is 5.69 Å². The van der Waals surface area contributed by atoms with Gasteiger partial charge in [0.2, 0.25) is 0 Å². The first kappa shape index (κ1) is 21.0. The highest BCUT2D eigenvalue weighted by atomic mass is 19.1. The van der Waals surface area contributed by atoms with Crippen molar-refractivity contribution in [2.45, 2.75) is 19.4 Å². The summed E-state index contributed by atoms with van der Waals surface area (Å²) < 4.78 is 23.4. The van der Waals surface area contributed by atoms with Gasteiger partial charge in [-0.2, -0.15) is 0 Å². The van der Waals surface area contributed by atoms with E-state index in [1.165, 1.54) is 31.2 Å². The summed E-state index contributed by atoms with van der Waals surface area (Å²) in [4.78, 5) is 24.3. The third-order valence-electron chi connectivity index (χ3n) is 4.33. The zero-order valence-electron chi connectivity index (χ0n) is 16.5. The van der Waals surface area contributed by atoms with E-state index < -0.39 is 30.4 Å². The smallest absolute Gasteiger partial charge is 0.347 e. The minimum atomic E-state index is -0.936. The molecule has 0 aliphatic heterocycles. The van der Waals surface area contributed by atoms with E-state index in [2.05, 4.69) is 5.32 Å². The van der Waals surface area contributed by atoms with Crippen LogP contribution < -0.4 is 10.1 Å². The lowest BCUT2D eigenvalue weighted by atomic mass is 10.0. The molecule has 3 aromatic rings. The van der Waals surface area contributed by atoms with Gasteiger partial charge in [0.15, 0.2) is 12.7 Å². The van der Waals surface area contributed by atoms with Crippen LogP contribution in [0.5, 0.6) is 5.75 Å². The highest BCUT2D eigenvalue weighted by molar-refractivity contribution is 5.93. The largest absolute Gasteiger partial charge is 0.479 e. The Morgan fingerprint density at radius 1 is 0.933 bits per heavy atom. The number of rotatable bonds is 8. The number of amides is 1. The number of carbonyl (C=O) groups is 2. The van der Waals surface area contributed by atoms with Crippen LogP contribution in [-0.2, 0) is 20.7 Å². The van der Waals surface area contributed by atoms with E-state index in [-0.39, 0.29) is 0 Å². The van der Waals surface area contributed by atoms with Crippen LogP contribution in [-0.4, -0.2) is 24.6 Å². The van der Waals surface area contributed by atoms with Gasteiger partial charge in [-0.3, -0.25) is 4.79 Å². The standard InChI is InChI=1S/C24H22FNO4/c1-17(30-21-13-11-20(25)12-14-21)24(28)29-16-23(27)26-22-10-6-5-9-19(22)15-18-7-3-2-4-8-18/h2-14,17H,15-16H2,1H3,(H,26,27)/t17-/m0/s1. The molecule has 0 spiro atoms. The zero-order valence-corrected chi connectivity index (χ0v) is 16.5. The molecule has 0 saturated heterocycles. The maximum Gasteiger partial charge on any atom is 0.347 e. The third-order valence-corrected chi connectivity index (χ3v) is 4.33. The van der Waals surface area contributed by atoms with E-state index in [4.69, 9.17) is 9.47 Å². The first-order valence-corrected chi connectivity index (χ1v) is 9.52. The number of para-hydroxylation sites is 1. The maximum absolute atomic E-state index is 12.9. The minimum Gasteiger partial charge on any atom is -0.479 e. The monoisotopic (exact) mass is 407 g/mol. The van der Waals surface area contributed by atoms with Gasteiger partial charge in [0.25, 0.3) is 5.91 Å². The Kier molecular flexibility index (Phi) is 7.16. The van der Waals surface area contributed by atoms with Crippen LogP contribution in [0, 0.1) is 5.82 Å². The summed E-state index contributed by atoms with van der Waals surface area (Å²) in [6, 6.07) is 22.7. The van der Waals surface area contributed by atoms with Crippen LogP contribution in [0.1, 0.15) is 18.1 Å². The minimum absolute atomic E-state index is 0.333. The molecule has 0 radical (unpaired) electrons. The second-order valence-corrected chi connectivity index (χ2v) is 6.69. The van der Waals surface area contributed by atoms with E-state index in [1.807, 2.05) is 48.5 Å². The SMILES string of the molecule is C[C@H](Oc1ccc(F)cc1)C(=O)OCC(=O)Nc1ccccc1Cc1ccccc1. The normalized spacial score (nSPS) is 11.4. The summed E-state index contributed by atoms with van der Waals surface area (Å²) in [7, 11) is 0. The molecule has 5 nitrogen and oxygen atoms in total. The van der Waals surface area contributed by atoms with Gasteiger partial charge in [0.05, 0.1) is 0 Å². The van der Waals surface area contributed by atoms with Crippen molar-refractivity contribution in [1.82, 2.24) is 0 Å². The van der Waals surface area contributed by atoms with E-state index >= 15 is 0 Å². The van der Waals surface area contributed by atoms with Crippen molar-refractivity contribution in [1.29, 1.82) is 0 Å². The molecule has 0 aliphatic rings. The Bertz CT molecular complexity index is 990. The number of hydrogen-bond donors (Lipinski definition) is 1. The van der Waals surface area contributed by atoms with Crippen LogP contribution in [0.3, 0.4) is 0 Å². The van der Waals surface area contributed by atoms with Crippen LogP contribution in [0.25, 0.3) is 0 Å². The molecule has 0 heterocycles. The molecule has 0 aliphatic carbocycles. The van der Waals surface area contributed by atoms with E-state index in [0.29, 0.717) is 17.9 Å². The molecule has 0 saturated carbocycles.